The van der Waals surface area contributed by atoms with Crippen LogP contribution in [0.3, 0.4) is 0 Å². The third kappa shape index (κ3) is 4.28. The normalized spacial score (nSPS) is 18.4. The number of nitrogens with zero attached hydrogens (tertiary/aromatic N) is 2. The average Bonchev–Trinajstić information content (AvgIpc) is 3.25. The summed E-state index contributed by atoms with van der Waals surface area (Å²) in [7, 11) is 0. The fourth-order valence-corrected chi connectivity index (χ4v) is 4.24. The van der Waals surface area contributed by atoms with Crippen LogP contribution in [0.4, 0.5) is 16.2 Å². The maximum atomic E-state index is 12.8. The molecule has 0 bridgehead atoms. The molecule has 7 nitrogen and oxygen atoms in total. The number of aromatic nitrogens is 1. The van der Waals surface area contributed by atoms with E-state index in [0.29, 0.717) is 24.3 Å². The Bertz CT molecular complexity index is 870. The molecular formula is C20H22N4O3S. The van der Waals surface area contributed by atoms with E-state index in [1.807, 2.05) is 12.1 Å². The van der Waals surface area contributed by atoms with E-state index < -0.39 is 0 Å². The molecule has 28 heavy (non-hydrogen) atoms. The fraction of sp³-hybridized carbons (Fsp3) is 0.350. The van der Waals surface area contributed by atoms with E-state index in [4.69, 9.17) is 4.74 Å². The third-order valence-corrected chi connectivity index (χ3v) is 5.71. The zero-order valence-corrected chi connectivity index (χ0v) is 16.2. The van der Waals surface area contributed by atoms with Gasteiger partial charge in [0.25, 0.3) is 5.91 Å². The molecular weight excluding hydrogens is 376 g/mol. The van der Waals surface area contributed by atoms with Gasteiger partial charge in [-0.25, -0.2) is 9.78 Å². The summed E-state index contributed by atoms with van der Waals surface area (Å²) in [4.78, 5) is 31.2. The smallest absolute Gasteiger partial charge is 0.326 e. The highest BCUT2D eigenvalue weighted by molar-refractivity contribution is 7.99. The zero-order valence-electron chi connectivity index (χ0n) is 15.4. The first kappa shape index (κ1) is 18.8. The lowest BCUT2D eigenvalue weighted by Gasteiger charge is -2.28. The highest BCUT2D eigenvalue weighted by Crippen LogP contribution is 2.32. The number of amides is 3. The van der Waals surface area contributed by atoms with Gasteiger partial charge in [0, 0.05) is 42.9 Å². The van der Waals surface area contributed by atoms with Crippen molar-refractivity contribution >= 4 is 35.1 Å². The van der Waals surface area contributed by atoms with E-state index in [1.165, 1.54) is 0 Å². The summed E-state index contributed by atoms with van der Waals surface area (Å²) in [5, 5.41) is 6.64. The summed E-state index contributed by atoms with van der Waals surface area (Å²) in [6.45, 7) is 1.87. The number of rotatable bonds is 4. The van der Waals surface area contributed by atoms with Gasteiger partial charge in [-0.2, -0.15) is 0 Å². The van der Waals surface area contributed by atoms with Gasteiger partial charge in [0.05, 0.1) is 11.8 Å². The Hall–Kier alpha value is -2.58. The molecule has 3 heterocycles. The Morgan fingerprint density at radius 2 is 2.21 bits per heavy atom. The van der Waals surface area contributed by atoms with Gasteiger partial charge in [-0.1, -0.05) is 6.07 Å². The van der Waals surface area contributed by atoms with E-state index in [0.717, 1.165) is 35.9 Å². The first-order valence-corrected chi connectivity index (χ1v) is 10.4. The number of urea groups is 1. The Balaban J connectivity index is 1.40. The van der Waals surface area contributed by atoms with Crippen LogP contribution in [0.5, 0.6) is 0 Å². The third-order valence-electron chi connectivity index (χ3n) is 4.73. The average molecular weight is 398 g/mol. The van der Waals surface area contributed by atoms with Crippen molar-refractivity contribution in [3.8, 4) is 0 Å². The van der Waals surface area contributed by atoms with Crippen LogP contribution in [0.2, 0.25) is 0 Å². The molecule has 0 spiro atoms. The molecule has 0 radical (unpaired) electrons. The van der Waals surface area contributed by atoms with Crippen molar-refractivity contribution < 1.29 is 14.3 Å². The van der Waals surface area contributed by atoms with Crippen LogP contribution in [0, 0.1) is 0 Å². The van der Waals surface area contributed by atoms with E-state index in [1.54, 1.807) is 47.1 Å². The lowest BCUT2D eigenvalue weighted by atomic mass is 10.1. The SMILES string of the molecule is O=C(NCC1CCCO1)c1cccc(NC(=O)N2CCSc3ncccc32)c1. The maximum Gasteiger partial charge on any atom is 0.326 e. The monoisotopic (exact) mass is 398 g/mol. The fourth-order valence-electron chi connectivity index (χ4n) is 3.31. The van der Waals surface area contributed by atoms with Crippen LogP contribution in [0.25, 0.3) is 0 Å². The lowest BCUT2D eigenvalue weighted by Crippen LogP contribution is -2.39. The second-order valence-corrected chi connectivity index (χ2v) is 7.77. The standard InChI is InChI=1S/C20H22N4O3S/c25-18(22-13-16-6-3-10-27-16)14-4-1-5-15(12-14)23-20(26)24-9-11-28-19-17(24)7-2-8-21-19/h1-2,4-5,7-8,12,16H,3,6,9-11,13H2,(H,22,25)(H,23,26). The number of fused-ring (bicyclic) bond motifs is 1. The summed E-state index contributed by atoms with van der Waals surface area (Å²) in [5.74, 6) is 0.624. The largest absolute Gasteiger partial charge is 0.376 e. The molecule has 1 aromatic heterocycles. The van der Waals surface area contributed by atoms with Gasteiger partial charge >= 0.3 is 6.03 Å². The van der Waals surface area contributed by atoms with Crippen molar-refractivity contribution in [1.29, 1.82) is 0 Å². The molecule has 2 aliphatic heterocycles. The molecule has 0 aliphatic carbocycles. The quantitative estimate of drug-likeness (QED) is 0.827. The molecule has 2 N–H and O–H groups in total. The first-order valence-electron chi connectivity index (χ1n) is 9.37. The minimum absolute atomic E-state index is 0.0949. The minimum atomic E-state index is -0.230. The molecule has 8 heteroatoms. The van der Waals surface area contributed by atoms with E-state index in [9.17, 15) is 9.59 Å². The van der Waals surface area contributed by atoms with Crippen molar-refractivity contribution in [2.24, 2.45) is 0 Å². The number of hydrogen-bond acceptors (Lipinski definition) is 5. The first-order chi connectivity index (χ1) is 13.7. The maximum absolute atomic E-state index is 12.8. The van der Waals surface area contributed by atoms with Gasteiger partial charge in [-0.15, -0.1) is 11.8 Å². The number of anilines is 2. The van der Waals surface area contributed by atoms with E-state index in [-0.39, 0.29) is 18.0 Å². The van der Waals surface area contributed by atoms with Crippen LogP contribution < -0.4 is 15.5 Å². The van der Waals surface area contributed by atoms with Gasteiger partial charge in [0.15, 0.2) is 0 Å². The molecule has 2 aromatic rings. The van der Waals surface area contributed by atoms with Crippen molar-refractivity contribution in [3.05, 3.63) is 48.2 Å². The second-order valence-electron chi connectivity index (χ2n) is 6.68. The van der Waals surface area contributed by atoms with Crippen LogP contribution in [0.1, 0.15) is 23.2 Å². The van der Waals surface area contributed by atoms with Gasteiger partial charge in [-0.05, 0) is 43.2 Å². The van der Waals surface area contributed by atoms with Crippen LogP contribution in [0.15, 0.2) is 47.6 Å². The molecule has 0 saturated carbocycles. The summed E-state index contributed by atoms with van der Waals surface area (Å²) in [6, 6.07) is 10.4. The number of carbonyl (C=O) groups is 2. The van der Waals surface area contributed by atoms with Crippen molar-refractivity contribution in [2.45, 2.75) is 24.0 Å². The predicted octanol–water partition coefficient (Wildman–Crippen LogP) is 3.13. The molecule has 1 saturated heterocycles. The molecule has 1 aromatic carbocycles. The predicted molar refractivity (Wildman–Crippen MR) is 109 cm³/mol. The topological polar surface area (TPSA) is 83.6 Å². The van der Waals surface area contributed by atoms with Gasteiger partial charge in [0.2, 0.25) is 0 Å². The van der Waals surface area contributed by atoms with Crippen molar-refractivity contribution in [3.63, 3.8) is 0 Å². The molecule has 1 atom stereocenters. The second kappa shape index (κ2) is 8.62. The number of ether oxygens (including phenoxy) is 1. The van der Waals surface area contributed by atoms with Crippen LogP contribution in [-0.2, 0) is 4.74 Å². The Morgan fingerprint density at radius 3 is 3.07 bits per heavy atom. The number of carbonyl (C=O) groups excluding carboxylic acids is 2. The number of pyridine rings is 1. The lowest BCUT2D eigenvalue weighted by molar-refractivity contribution is 0.0858. The van der Waals surface area contributed by atoms with Crippen LogP contribution >= 0.6 is 11.8 Å². The molecule has 1 unspecified atom stereocenters. The zero-order chi connectivity index (χ0) is 19.3. The molecule has 1 fully saturated rings. The molecule has 2 aliphatic rings. The molecule has 3 amide bonds. The molecule has 4 rings (SSSR count). The molecule has 146 valence electrons. The minimum Gasteiger partial charge on any atom is -0.376 e. The van der Waals surface area contributed by atoms with E-state index >= 15 is 0 Å². The number of hydrogen-bond donors (Lipinski definition) is 2. The summed E-state index contributed by atoms with van der Waals surface area (Å²) >= 11 is 1.64. The van der Waals surface area contributed by atoms with Gasteiger partial charge in [-0.3, -0.25) is 9.69 Å². The summed E-state index contributed by atoms with van der Waals surface area (Å²) in [5.41, 5.74) is 1.90. The highest BCUT2D eigenvalue weighted by atomic mass is 32.2. The Labute approximate surface area is 167 Å². The summed E-state index contributed by atoms with van der Waals surface area (Å²) < 4.78 is 5.53. The Morgan fingerprint density at radius 1 is 1.29 bits per heavy atom. The number of nitrogens with one attached hydrogen (secondary N) is 2. The number of thioether (sulfide) groups is 1. The number of benzene rings is 1. The van der Waals surface area contributed by atoms with Crippen LogP contribution in [-0.4, -0.2) is 48.5 Å². The Kier molecular flexibility index (Phi) is 5.78. The highest BCUT2D eigenvalue weighted by Gasteiger charge is 2.24. The van der Waals surface area contributed by atoms with E-state index in [2.05, 4.69) is 15.6 Å². The van der Waals surface area contributed by atoms with Gasteiger partial charge in [0.1, 0.15) is 5.03 Å². The van der Waals surface area contributed by atoms with Crippen molar-refractivity contribution in [1.82, 2.24) is 10.3 Å². The van der Waals surface area contributed by atoms with Crippen molar-refractivity contribution in [2.75, 3.05) is 35.7 Å². The summed E-state index contributed by atoms with van der Waals surface area (Å²) in [6.07, 6.45) is 3.83. The van der Waals surface area contributed by atoms with Gasteiger partial charge < -0.3 is 15.4 Å².